The Hall–Kier alpha value is -1.74. The second-order valence-corrected chi connectivity index (χ2v) is 4.67. The lowest BCUT2D eigenvalue weighted by molar-refractivity contribution is -0.138. The molecular weight excluding hydrogens is 297 g/mol. The molecule has 1 aromatic rings. The molecule has 1 atom stereocenters. The van der Waals surface area contributed by atoms with E-state index >= 15 is 0 Å². The van der Waals surface area contributed by atoms with Crippen LogP contribution in [-0.4, -0.2) is 28.4 Å². The minimum Gasteiger partial charge on any atom is -0.480 e. The van der Waals surface area contributed by atoms with Gasteiger partial charge in [-0.15, -0.1) is 0 Å². The van der Waals surface area contributed by atoms with Gasteiger partial charge in [-0.2, -0.15) is 13.2 Å². The normalized spacial score (nSPS) is 12.9. The van der Waals surface area contributed by atoms with Crippen molar-refractivity contribution in [3.8, 4) is 0 Å². The van der Waals surface area contributed by atoms with Gasteiger partial charge >= 0.3 is 11.5 Å². The fraction of sp³-hybridized carbons (Fsp3) is 0.273. The number of para-hydroxylation sites is 1. The number of rotatable bonds is 6. The molecule has 0 heterocycles. The van der Waals surface area contributed by atoms with Crippen LogP contribution in [0.2, 0.25) is 0 Å². The third-order valence-corrected chi connectivity index (χ3v) is 2.90. The van der Waals surface area contributed by atoms with Crippen molar-refractivity contribution in [3.63, 3.8) is 0 Å². The van der Waals surface area contributed by atoms with Gasteiger partial charge < -0.3 is 10.8 Å². The highest BCUT2D eigenvalue weighted by Gasteiger charge is 2.32. The number of nitrogens with two attached hydrogens (primary N) is 1. The largest absolute Gasteiger partial charge is 0.480 e. The summed E-state index contributed by atoms with van der Waals surface area (Å²) in [7, 11) is 0. The minimum absolute atomic E-state index is 0.0811. The maximum absolute atomic E-state index is 12.0. The van der Waals surface area contributed by atoms with Gasteiger partial charge in [-0.1, -0.05) is 12.1 Å². The van der Waals surface area contributed by atoms with E-state index in [-0.39, 0.29) is 11.3 Å². The van der Waals surface area contributed by atoms with Crippen molar-refractivity contribution in [3.05, 3.63) is 29.8 Å². The molecule has 0 radical (unpaired) electrons. The average Bonchev–Trinajstić information content (AvgIpc) is 2.33. The summed E-state index contributed by atoms with van der Waals surface area (Å²) >= 11 is -0.703. The summed E-state index contributed by atoms with van der Waals surface area (Å²) in [5.41, 5.74) is 1.13. The number of ketones is 1. The van der Waals surface area contributed by atoms with Crippen LogP contribution in [0.4, 0.5) is 18.9 Å². The Morgan fingerprint density at radius 1 is 1.35 bits per heavy atom. The molecule has 0 saturated heterocycles. The standard InChI is InChI=1S/C11H11F3N2O3S/c12-11(13,14)20-16-8(10(18)19)5-9(17)6-3-1-2-4-7(6)15/h1-4,8,16H,5,15H2,(H,18,19)/t8-/m0/s1. The van der Waals surface area contributed by atoms with Gasteiger partial charge in [0.2, 0.25) is 0 Å². The summed E-state index contributed by atoms with van der Waals surface area (Å²) in [6, 6.07) is 4.28. The van der Waals surface area contributed by atoms with E-state index < -0.39 is 41.7 Å². The maximum atomic E-state index is 12.0. The van der Waals surface area contributed by atoms with Crippen molar-refractivity contribution in [1.29, 1.82) is 0 Å². The predicted octanol–water partition coefficient (Wildman–Crippen LogP) is 2.05. The first-order valence-electron chi connectivity index (χ1n) is 5.31. The first kappa shape index (κ1) is 16.3. The Bertz CT molecular complexity index is 508. The summed E-state index contributed by atoms with van der Waals surface area (Å²) in [6.45, 7) is 0. The Morgan fingerprint density at radius 2 is 1.95 bits per heavy atom. The number of nitrogen functional groups attached to an aromatic ring is 1. The average molecular weight is 308 g/mol. The van der Waals surface area contributed by atoms with Gasteiger partial charge in [-0.25, -0.2) is 4.72 Å². The molecule has 0 amide bonds. The molecule has 4 N–H and O–H groups in total. The second kappa shape index (κ2) is 6.62. The molecule has 0 aromatic heterocycles. The molecule has 0 saturated carbocycles. The van der Waals surface area contributed by atoms with E-state index in [1.54, 1.807) is 10.8 Å². The fourth-order valence-corrected chi connectivity index (χ4v) is 1.82. The van der Waals surface area contributed by atoms with Crippen LogP contribution in [0.25, 0.3) is 0 Å². The number of carboxylic acids is 1. The second-order valence-electron chi connectivity index (χ2n) is 3.77. The van der Waals surface area contributed by atoms with Crippen molar-refractivity contribution in [2.45, 2.75) is 18.0 Å². The number of aliphatic carboxylic acids is 1. The molecule has 1 aromatic carbocycles. The topological polar surface area (TPSA) is 92.4 Å². The van der Waals surface area contributed by atoms with Gasteiger partial charge in [0, 0.05) is 29.6 Å². The van der Waals surface area contributed by atoms with Crippen LogP contribution in [0.1, 0.15) is 16.8 Å². The number of carbonyl (C=O) groups is 2. The van der Waals surface area contributed by atoms with Gasteiger partial charge in [0.25, 0.3) is 0 Å². The molecule has 0 unspecified atom stereocenters. The highest BCUT2D eigenvalue weighted by Crippen LogP contribution is 2.28. The van der Waals surface area contributed by atoms with E-state index in [2.05, 4.69) is 0 Å². The number of carboxylic acid groups (broad SMARTS) is 1. The zero-order chi connectivity index (χ0) is 15.3. The number of benzene rings is 1. The van der Waals surface area contributed by atoms with E-state index in [4.69, 9.17) is 10.8 Å². The molecule has 1 rings (SSSR count). The van der Waals surface area contributed by atoms with Gasteiger partial charge in [0.05, 0.1) is 0 Å². The Kier molecular flexibility index (Phi) is 5.40. The Labute approximate surface area is 116 Å². The van der Waals surface area contributed by atoms with Gasteiger partial charge in [-0.3, -0.25) is 9.59 Å². The summed E-state index contributed by atoms with van der Waals surface area (Å²) < 4.78 is 37.7. The molecule has 0 fully saturated rings. The number of hydrogen-bond acceptors (Lipinski definition) is 5. The van der Waals surface area contributed by atoms with E-state index in [0.717, 1.165) is 0 Å². The number of hydrogen-bond donors (Lipinski definition) is 3. The lowest BCUT2D eigenvalue weighted by Gasteiger charge is -2.14. The zero-order valence-corrected chi connectivity index (χ0v) is 10.8. The number of carbonyl (C=O) groups excluding carboxylic acids is 1. The van der Waals surface area contributed by atoms with Crippen LogP contribution in [0, 0.1) is 0 Å². The molecule has 0 aliphatic carbocycles. The van der Waals surface area contributed by atoms with Crippen LogP contribution >= 0.6 is 11.9 Å². The molecule has 5 nitrogen and oxygen atoms in total. The molecule has 20 heavy (non-hydrogen) atoms. The number of alkyl halides is 3. The highest BCUT2D eigenvalue weighted by molar-refractivity contribution is 7.98. The third kappa shape index (κ3) is 5.10. The molecule has 0 aliphatic heterocycles. The van der Waals surface area contributed by atoms with Crippen LogP contribution < -0.4 is 10.5 Å². The van der Waals surface area contributed by atoms with Gasteiger partial charge in [0.15, 0.2) is 5.78 Å². The molecule has 9 heteroatoms. The molecule has 110 valence electrons. The van der Waals surface area contributed by atoms with E-state index in [1.165, 1.54) is 18.2 Å². The maximum Gasteiger partial charge on any atom is 0.456 e. The Morgan fingerprint density at radius 3 is 2.45 bits per heavy atom. The highest BCUT2D eigenvalue weighted by atomic mass is 32.2. The number of anilines is 1. The van der Waals surface area contributed by atoms with Crippen LogP contribution in [0.5, 0.6) is 0 Å². The lowest BCUT2D eigenvalue weighted by Crippen LogP contribution is -2.36. The van der Waals surface area contributed by atoms with Crippen LogP contribution in [-0.2, 0) is 4.79 Å². The number of Topliss-reactive ketones (excluding diaryl/α,β-unsaturated/α-hetero) is 1. The summed E-state index contributed by atoms with van der Waals surface area (Å²) in [5.74, 6) is -2.20. The Balaban J connectivity index is 2.74. The van der Waals surface area contributed by atoms with Crippen molar-refractivity contribution in [2.75, 3.05) is 5.73 Å². The van der Waals surface area contributed by atoms with E-state index in [9.17, 15) is 22.8 Å². The van der Waals surface area contributed by atoms with Crippen molar-refractivity contribution in [2.24, 2.45) is 0 Å². The van der Waals surface area contributed by atoms with E-state index in [1.807, 2.05) is 0 Å². The van der Waals surface area contributed by atoms with Gasteiger partial charge in [-0.05, 0) is 12.1 Å². The monoisotopic (exact) mass is 308 g/mol. The van der Waals surface area contributed by atoms with Crippen LogP contribution in [0.15, 0.2) is 24.3 Å². The molecule has 0 spiro atoms. The summed E-state index contributed by atoms with van der Waals surface area (Å²) in [6.07, 6.45) is -0.632. The predicted molar refractivity (Wildman–Crippen MR) is 68.0 cm³/mol. The zero-order valence-electron chi connectivity index (χ0n) is 9.98. The van der Waals surface area contributed by atoms with Crippen molar-refractivity contribution >= 4 is 29.4 Å². The fourth-order valence-electron chi connectivity index (χ4n) is 1.36. The van der Waals surface area contributed by atoms with E-state index in [0.29, 0.717) is 0 Å². The smallest absolute Gasteiger partial charge is 0.456 e. The summed E-state index contributed by atoms with van der Waals surface area (Å²) in [5, 5.41) is 8.81. The first-order chi connectivity index (χ1) is 9.20. The molecule has 0 aliphatic rings. The quantitative estimate of drug-likeness (QED) is 0.423. The van der Waals surface area contributed by atoms with Gasteiger partial charge in [0.1, 0.15) is 6.04 Å². The van der Waals surface area contributed by atoms with Crippen molar-refractivity contribution in [1.82, 2.24) is 4.72 Å². The molecule has 0 bridgehead atoms. The number of nitrogens with one attached hydrogen (secondary N) is 1. The first-order valence-corrected chi connectivity index (χ1v) is 6.13. The SMILES string of the molecule is Nc1ccccc1C(=O)C[C@H](NSC(F)(F)F)C(=O)O. The van der Waals surface area contributed by atoms with Crippen LogP contribution in [0.3, 0.4) is 0 Å². The lowest BCUT2D eigenvalue weighted by atomic mass is 10.0. The van der Waals surface area contributed by atoms with Crippen molar-refractivity contribution < 1.29 is 27.9 Å². The number of halogens is 3. The molecular formula is C11H11F3N2O3S. The third-order valence-electron chi connectivity index (χ3n) is 2.27. The minimum atomic E-state index is -4.64. The summed E-state index contributed by atoms with van der Waals surface area (Å²) in [4.78, 5) is 22.7.